The molecule has 1 heterocycles. The standard InChI is InChI=1S/C12H21N3S/c1-9(2)13-7-11-8-14-12(16-11)15(3)10-5-4-6-10/h8-10,13H,4-7H2,1-3H3. The van der Waals surface area contributed by atoms with Gasteiger partial charge in [-0.25, -0.2) is 4.98 Å². The first kappa shape index (κ1) is 11.9. The van der Waals surface area contributed by atoms with Gasteiger partial charge in [0.15, 0.2) is 5.13 Å². The molecule has 1 N–H and O–H groups in total. The van der Waals surface area contributed by atoms with Crippen LogP contribution in [0.4, 0.5) is 5.13 Å². The van der Waals surface area contributed by atoms with Crippen molar-refractivity contribution in [2.45, 2.75) is 51.7 Å². The van der Waals surface area contributed by atoms with Crippen molar-refractivity contribution >= 4 is 16.5 Å². The van der Waals surface area contributed by atoms with Crippen molar-refractivity contribution in [3.05, 3.63) is 11.1 Å². The Morgan fingerprint density at radius 3 is 2.88 bits per heavy atom. The highest BCUT2D eigenvalue weighted by Crippen LogP contribution is 2.30. The third-order valence-electron chi connectivity index (χ3n) is 3.15. The first-order valence-corrected chi connectivity index (χ1v) is 6.89. The van der Waals surface area contributed by atoms with Crippen LogP contribution >= 0.6 is 11.3 Å². The second kappa shape index (κ2) is 5.15. The summed E-state index contributed by atoms with van der Waals surface area (Å²) in [5.74, 6) is 0. The van der Waals surface area contributed by atoms with Gasteiger partial charge >= 0.3 is 0 Å². The van der Waals surface area contributed by atoms with E-state index in [-0.39, 0.29) is 0 Å². The minimum absolute atomic E-state index is 0.537. The highest BCUT2D eigenvalue weighted by molar-refractivity contribution is 7.15. The van der Waals surface area contributed by atoms with E-state index < -0.39 is 0 Å². The number of hydrogen-bond acceptors (Lipinski definition) is 4. The number of thiazole rings is 1. The van der Waals surface area contributed by atoms with Gasteiger partial charge in [-0.2, -0.15) is 0 Å². The third kappa shape index (κ3) is 2.74. The summed E-state index contributed by atoms with van der Waals surface area (Å²) in [6.45, 7) is 5.28. The number of nitrogens with one attached hydrogen (secondary N) is 1. The fourth-order valence-corrected chi connectivity index (χ4v) is 2.67. The molecule has 1 aromatic heterocycles. The summed E-state index contributed by atoms with van der Waals surface area (Å²) >= 11 is 1.81. The number of hydrogen-bond donors (Lipinski definition) is 1. The molecule has 1 fully saturated rings. The highest BCUT2D eigenvalue weighted by atomic mass is 32.1. The Bertz CT molecular complexity index is 331. The van der Waals surface area contributed by atoms with Gasteiger partial charge in [0, 0.05) is 36.8 Å². The molecule has 90 valence electrons. The quantitative estimate of drug-likeness (QED) is 0.856. The van der Waals surface area contributed by atoms with E-state index >= 15 is 0 Å². The Morgan fingerprint density at radius 1 is 1.56 bits per heavy atom. The zero-order valence-electron chi connectivity index (χ0n) is 10.4. The first-order chi connectivity index (χ1) is 7.66. The van der Waals surface area contributed by atoms with E-state index in [1.807, 2.05) is 17.5 Å². The van der Waals surface area contributed by atoms with Crippen LogP contribution in [-0.4, -0.2) is 24.1 Å². The van der Waals surface area contributed by atoms with Crippen LogP contribution in [0.15, 0.2) is 6.20 Å². The van der Waals surface area contributed by atoms with Crippen LogP contribution in [0, 0.1) is 0 Å². The molecule has 1 aliphatic carbocycles. The monoisotopic (exact) mass is 239 g/mol. The van der Waals surface area contributed by atoms with Gasteiger partial charge in [0.2, 0.25) is 0 Å². The van der Waals surface area contributed by atoms with Gasteiger partial charge in [-0.1, -0.05) is 13.8 Å². The Labute approximate surface area is 102 Å². The molecule has 0 bridgehead atoms. The minimum Gasteiger partial charge on any atom is -0.348 e. The topological polar surface area (TPSA) is 28.2 Å². The predicted octanol–water partition coefficient (Wildman–Crippen LogP) is 2.63. The molecule has 16 heavy (non-hydrogen) atoms. The van der Waals surface area contributed by atoms with Crippen molar-refractivity contribution in [3.8, 4) is 0 Å². The van der Waals surface area contributed by atoms with Crippen molar-refractivity contribution in [3.63, 3.8) is 0 Å². The van der Waals surface area contributed by atoms with Crippen LogP contribution in [0.25, 0.3) is 0 Å². The average Bonchev–Trinajstić information content (AvgIpc) is 2.60. The molecule has 3 nitrogen and oxygen atoms in total. The maximum Gasteiger partial charge on any atom is 0.185 e. The molecule has 0 spiro atoms. The summed E-state index contributed by atoms with van der Waals surface area (Å²) in [6, 6.07) is 1.27. The number of rotatable bonds is 5. The van der Waals surface area contributed by atoms with Gasteiger partial charge in [-0.05, 0) is 19.3 Å². The fraction of sp³-hybridized carbons (Fsp3) is 0.750. The van der Waals surface area contributed by atoms with E-state index in [0.29, 0.717) is 6.04 Å². The summed E-state index contributed by atoms with van der Waals surface area (Å²) in [7, 11) is 2.17. The maximum absolute atomic E-state index is 4.50. The Morgan fingerprint density at radius 2 is 2.31 bits per heavy atom. The lowest BCUT2D eigenvalue weighted by atomic mass is 9.92. The van der Waals surface area contributed by atoms with E-state index in [4.69, 9.17) is 0 Å². The summed E-state index contributed by atoms with van der Waals surface area (Å²) < 4.78 is 0. The largest absolute Gasteiger partial charge is 0.348 e. The summed E-state index contributed by atoms with van der Waals surface area (Å²) in [5, 5.41) is 4.59. The van der Waals surface area contributed by atoms with Crippen molar-refractivity contribution in [1.29, 1.82) is 0 Å². The van der Waals surface area contributed by atoms with E-state index in [9.17, 15) is 0 Å². The Balaban J connectivity index is 1.90. The molecule has 0 aromatic carbocycles. The van der Waals surface area contributed by atoms with Crippen LogP contribution < -0.4 is 10.2 Å². The van der Waals surface area contributed by atoms with Crippen molar-refractivity contribution in [2.24, 2.45) is 0 Å². The molecule has 0 saturated heterocycles. The highest BCUT2D eigenvalue weighted by Gasteiger charge is 2.23. The zero-order valence-corrected chi connectivity index (χ0v) is 11.2. The van der Waals surface area contributed by atoms with E-state index in [1.54, 1.807) is 0 Å². The molecule has 1 saturated carbocycles. The lowest BCUT2D eigenvalue weighted by Crippen LogP contribution is -2.36. The van der Waals surface area contributed by atoms with E-state index in [0.717, 1.165) is 12.6 Å². The average molecular weight is 239 g/mol. The van der Waals surface area contributed by atoms with Gasteiger partial charge in [0.1, 0.15) is 0 Å². The molecule has 0 radical (unpaired) electrons. The van der Waals surface area contributed by atoms with E-state index in [2.05, 4.69) is 36.1 Å². The predicted molar refractivity (Wildman–Crippen MR) is 70.1 cm³/mol. The van der Waals surface area contributed by atoms with Gasteiger partial charge in [0.25, 0.3) is 0 Å². The third-order valence-corrected chi connectivity index (χ3v) is 4.24. The smallest absolute Gasteiger partial charge is 0.185 e. The van der Waals surface area contributed by atoms with Crippen LogP contribution in [0.5, 0.6) is 0 Å². The second-order valence-corrected chi connectivity index (χ2v) is 5.93. The van der Waals surface area contributed by atoms with E-state index in [1.165, 1.54) is 29.3 Å². The molecule has 2 rings (SSSR count). The summed E-state index contributed by atoms with van der Waals surface area (Å²) in [4.78, 5) is 8.17. The van der Waals surface area contributed by atoms with Gasteiger partial charge in [-0.15, -0.1) is 11.3 Å². The molecule has 0 unspecified atom stereocenters. The fourth-order valence-electron chi connectivity index (χ4n) is 1.78. The molecule has 0 aliphatic heterocycles. The number of aromatic nitrogens is 1. The molecule has 4 heteroatoms. The minimum atomic E-state index is 0.537. The summed E-state index contributed by atoms with van der Waals surface area (Å²) in [6.07, 6.45) is 6.04. The second-order valence-electron chi connectivity index (χ2n) is 4.84. The normalized spacial score (nSPS) is 16.5. The first-order valence-electron chi connectivity index (χ1n) is 6.07. The molecule has 0 amide bonds. The van der Waals surface area contributed by atoms with Gasteiger partial charge < -0.3 is 10.2 Å². The lowest BCUT2D eigenvalue weighted by Gasteiger charge is -2.34. The number of anilines is 1. The van der Waals surface area contributed by atoms with Crippen LogP contribution in [0.3, 0.4) is 0 Å². The van der Waals surface area contributed by atoms with Crippen LogP contribution in [0.2, 0.25) is 0 Å². The van der Waals surface area contributed by atoms with Gasteiger partial charge in [0.05, 0.1) is 0 Å². The zero-order chi connectivity index (χ0) is 11.5. The molecule has 1 aliphatic rings. The molecular weight excluding hydrogens is 218 g/mol. The van der Waals surface area contributed by atoms with Crippen LogP contribution in [-0.2, 0) is 6.54 Å². The van der Waals surface area contributed by atoms with Crippen molar-refractivity contribution < 1.29 is 0 Å². The lowest BCUT2D eigenvalue weighted by molar-refractivity contribution is 0.401. The van der Waals surface area contributed by atoms with Crippen molar-refractivity contribution in [2.75, 3.05) is 11.9 Å². The van der Waals surface area contributed by atoms with Crippen molar-refractivity contribution in [1.82, 2.24) is 10.3 Å². The Kier molecular flexibility index (Phi) is 3.82. The summed E-state index contributed by atoms with van der Waals surface area (Å²) in [5.41, 5.74) is 0. The number of nitrogens with zero attached hydrogens (tertiary/aromatic N) is 2. The molecular formula is C12H21N3S. The molecule has 1 aromatic rings. The SMILES string of the molecule is CC(C)NCc1cnc(N(C)C2CCC2)s1. The maximum atomic E-state index is 4.50. The van der Waals surface area contributed by atoms with Gasteiger partial charge in [-0.3, -0.25) is 0 Å². The van der Waals surface area contributed by atoms with Crippen LogP contribution in [0.1, 0.15) is 38.0 Å². The Hall–Kier alpha value is -0.610. The molecule has 0 atom stereocenters.